The lowest BCUT2D eigenvalue weighted by molar-refractivity contribution is 0.112. The van der Waals surface area contributed by atoms with Crippen molar-refractivity contribution in [1.29, 1.82) is 0 Å². The molecular formula is C9H14N2O. The van der Waals surface area contributed by atoms with Crippen LogP contribution in [0.1, 0.15) is 19.3 Å². The van der Waals surface area contributed by atoms with E-state index in [9.17, 15) is 0 Å². The van der Waals surface area contributed by atoms with Crippen LogP contribution in [-0.4, -0.2) is 18.0 Å². The van der Waals surface area contributed by atoms with E-state index < -0.39 is 0 Å². The highest BCUT2D eigenvalue weighted by Crippen LogP contribution is 2.14. The number of rotatable bonds is 1. The summed E-state index contributed by atoms with van der Waals surface area (Å²) < 4.78 is 0. The zero-order valence-corrected chi connectivity index (χ0v) is 7.12. The SMILES string of the molecule is C1=CONC(N2CCCCC2)=C1. The normalized spacial score (nSPS) is 22.7. The lowest BCUT2D eigenvalue weighted by atomic mass is 10.1. The molecule has 0 bridgehead atoms. The maximum absolute atomic E-state index is 4.99. The minimum atomic E-state index is 1.09. The van der Waals surface area contributed by atoms with Gasteiger partial charge in [0.25, 0.3) is 0 Å². The number of allylic oxidation sites excluding steroid dienone is 2. The van der Waals surface area contributed by atoms with Crippen molar-refractivity contribution in [2.75, 3.05) is 13.1 Å². The van der Waals surface area contributed by atoms with E-state index in [-0.39, 0.29) is 0 Å². The lowest BCUT2D eigenvalue weighted by Gasteiger charge is -2.31. The van der Waals surface area contributed by atoms with Crippen molar-refractivity contribution in [1.82, 2.24) is 10.4 Å². The Bertz CT molecular complexity index is 205. The fourth-order valence-corrected chi connectivity index (χ4v) is 1.60. The largest absolute Gasteiger partial charge is 0.389 e. The summed E-state index contributed by atoms with van der Waals surface area (Å²) in [7, 11) is 0. The molecule has 0 spiro atoms. The summed E-state index contributed by atoms with van der Waals surface area (Å²) in [6.07, 6.45) is 9.56. The van der Waals surface area contributed by atoms with Crippen molar-refractivity contribution in [3.8, 4) is 0 Å². The first-order valence-corrected chi connectivity index (χ1v) is 4.50. The van der Waals surface area contributed by atoms with Gasteiger partial charge in [-0.25, -0.2) is 5.48 Å². The van der Waals surface area contributed by atoms with E-state index >= 15 is 0 Å². The summed E-state index contributed by atoms with van der Waals surface area (Å²) in [5.41, 5.74) is 2.89. The second-order valence-electron chi connectivity index (χ2n) is 3.15. The molecule has 66 valence electrons. The third-order valence-corrected chi connectivity index (χ3v) is 2.26. The molecule has 0 aromatic heterocycles. The zero-order valence-electron chi connectivity index (χ0n) is 7.12. The van der Waals surface area contributed by atoms with Gasteiger partial charge >= 0.3 is 0 Å². The molecule has 0 aromatic carbocycles. The predicted octanol–water partition coefficient (Wildman–Crippen LogP) is 1.36. The molecule has 12 heavy (non-hydrogen) atoms. The van der Waals surface area contributed by atoms with Gasteiger partial charge in [-0.05, 0) is 31.4 Å². The number of hydrogen-bond donors (Lipinski definition) is 1. The van der Waals surface area contributed by atoms with Gasteiger partial charge in [0.1, 0.15) is 12.1 Å². The third-order valence-electron chi connectivity index (χ3n) is 2.26. The highest BCUT2D eigenvalue weighted by Gasteiger charge is 2.13. The number of hydrogen-bond acceptors (Lipinski definition) is 3. The number of nitrogens with one attached hydrogen (secondary N) is 1. The smallest absolute Gasteiger partial charge is 0.136 e. The Kier molecular flexibility index (Phi) is 2.21. The Morgan fingerprint density at radius 1 is 1.25 bits per heavy atom. The van der Waals surface area contributed by atoms with E-state index in [0.29, 0.717) is 0 Å². The summed E-state index contributed by atoms with van der Waals surface area (Å²) in [5, 5.41) is 0. The van der Waals surface area contributed by atoms with Crippen LogP contribution in [0.3, 0.4) is 0 Å². The van der Waals surface area contributed by atoms with Crippen LogP contribution < -0.4 is 5.48 Å². The molecular weight excluding hydrogens is 152 g/mol. The van der Waals surface area contributed by atoms with E-state index in [1.54, 1.807) is 6.26 Å². The molecule has 2 aliphatic rings. The molecule has 0 unspecified atom stereocenters. The fourth-order valence-electron chi connectivity index (χ4n) is 1.60. The summed E-state index contributed by atoms with van der Waals surface area (Å²) in [6.45, 7) is 2.30. The van der Waals surface area contributed by atoms with E-state index in [1.807, 2.05) is 6.08 Å². The number of likely N-dealkylation sites (tertiary alicyclic amines) is 1. The molecule has 0 radical (unpaired) electrons. The second-order valence-corrected chi connectivity index (χ2v) is 3.15. The average Bonchev–Trinajstić information content (AvgIpc) is 2.21. The van der Waals surface area contributed by atoms with E-state index in [4.69, 9.17) is 4.84 Å². The lowest BCUT2D eigenvalue weighted by Crippen LogP contribution is -2.35. The summed E-state index contributed by atoms with van der Waals surface area (Å²) >= 11 is 0. The van der Waals surface area contributed by atoms with Crippen LogP contribution in [0.4, 0.5) is 0 Å². The topological polar surface area (TPSA) is 24.5 Å². The predicted molar refractivity (Wildman–Crippen MR) is 46.9 cm³/mol. The van der Waals surface area contributed by atoms with Gasteiger partial charge in [0.15, 0.2) is 0 Å². The van der Waals surface area contributed by atoms with Crippen LogP contribution in [-0.2, 0) is 4.84 Å². The quantitative estimate of drug-likeness (QED) is 0.636. The summed E-state index contributed by atoms with van der Waals surface area (Å²) in [6, 6.07) is 0. The van der Waals surface area contributed by atoms with Gasteiger partial charge in [0, 0.05) is 13.1 Å². The van der Waals surface area contributed by atoms with Crippen molar-refractivity contribution in [2.24, 2.45) is 0 Å². The first-order chi connectivity index (χ1) is 5.97. The molecule has 0 aromatic rings. The van der Waals surface area contributed by atoms with Crippen molar-refractivity contribution >= 4 is 0 Å². The van der Waals surface area contributed by atoms with Crippen LogP contribution in [0.2, 0.25) is 0 Å². The maximum atomic E-state index is 4.99. The van der Waals surface area contributed by atoms with E-state index in [0.717, 1.165) is 18.9 Å². The average molecular weight is 166 g/mol. The van der Waals surface area contributed by atoms with Crippen molar-refractivity contribution < 1.29 is 4.84 Å². The highest BCUT2D eigenvalue weighted by molar-refractivity contribution is 5.10. The standard InChI is InChI=1S/C9H14N2O/c1-2-6-11(7-3-1)9-5-4-8-12-10-9/h4-5,8,10H,1-3,6-7H2. The molecule has 3 heteroatoms. The third kappa shape index (κ3) is 1.55. The monoisotopic (exact) mass is 166 g/mol. The van der Waals surface area contributed by atoms with Crippen LogP contribution >= 0.6 is 0 Å². The van der Waals surface area contributed by atoms with Crippen LogP contribution in [0.5, 0.6) is 0 Å². The van der Waals surface area contributed by atoms with Crippen LogP contribution in [0.15, 0.2) is 24.2 Å². The molecule has 1 N–H and O–H groups in total. The van der Waals surface area contributed by atoms with Gasteiger partial charge in [0.2, 0.25) is 0 Å². The molecule has 3 nitrogen and oxygen atoms in total. The fraction of sp³-hybridized carbons (Fsp3) is 0.556. The molecule has 2 heterocycles. The van der Waals surface area contributed by atoms with Gasteiger partial charge in [-0.3, -0.25) is 0 Å². The van der Waals surface area contributed by atoms with Crippen LogP contribution in [0.25, 0.3) is 0 Å². The number of hydroxylamine groups is 1. The Morgan fingerprint density at radius 2 is 2.08 bits per heavy atom. The molecule has 2 aliphatic heterocycles. The Labute approximate surface area is 72.6 Å². The number of nitrogens with zero attached hydrogens (tertiary/aromatic N) is 1. The van der Waals surface area contributed by atoms with Crippen molar-refractivity contribution in [3.63, 3.8) is 0 Å². The van der Waals surface area contributed by atoms with Gasteiger partial charge in [-0.2, -0.15) is 0 Å². The first-order valence-electron chi connectivity index (χ1n) is 4.50. The van der Waals surface area contributed by atoms with E-state index in [1.165, 1.54) is 19.3 Å². The molecule has 0 saturated carbocycles. The number of piperidine rings is 1. The molecule has 2 rings (SSSR count). The van der Waals surface area contributed by atoms with Crippen molar-refractivity contribution in [3.05, 3.63) is 24.2 Å². The highest BCUT2D eigenvalue weighted by atomic mass is 16.6. The van der Waals surface area contributed by atoms with Gasteiger partial charge in [-0.1, -0.05) is 0 Å². The maximum Gasteiger partial charge on any atom is 0.136 e. The van der Waals surface area contributed by atoms with Gasteiger partial charge < -0.3 is 9.74 Å². The summed E-state index contributed by atoms with van der Waals surface area (Å²) in [4.78, 5) is 7.32. The molecule has 0 atom stereocenters. The second kappa shape index (κ2) is 3.52. The molecule has 1 fully saturated rings. The minimum absolute atomic E-state index is 1.09. The first kappa shape index (κ1) is 7.53. The molecule has 0 aliphatic carbocycles. The zero-order chi connectivity index (χ0) is 8.23. The Morgan fingerprint density at radius 3 is 2.75 bits per heavy atom. The minimum Gasteiger partial charge on any atom is -0.389 e. The summed E-state index contributed by atoms with van der Waals surface area (Å²) in [5.74, 6) is 1.09. The van der Waals surface area contributed by atoms with Gasteiger partial charge in [0.05, 0.1) is 0 Å². The van der Waals surface area contributed by atoms with Gasteiger partial charge in [-0.15, -0.1) is 0 Å². The Balaban J connectivity index is 1.97. The van der Waals surface area contributed by atoms with E-state index in [2.05, 4.69) is 16.5 Å². The Hall–Kier alpha value is -1.12. The van der Waals surface area contributed by atoms with Crippen molar-refractivity contribution in [2.45, 2.75) is 19.3 Å². The van der Waals surface area contributed by atoms with Crippen LogP contribution in [0, 0.1) is 0 Å². The molecule has 1 saturated heterocycles. The molecule has 0 amide bonds.